The van der Waals surface area contributed by atoms with Crippen LogP contribution < -0.4 is 10.6 Å². The Labute approximate surface area is 95.5 Å². The van der Waals surface area contributed by atoms with Gasteiger partial charge in [-0.05, 0) is 38.3 Å². The molecule has 0 aromatic carbocycles. The lowest BCUT2D eigenvalue weighted by atomic mass is 9.96. The van der Waals surface area contributed by atoms with Crippen LogP contribution >= 0.6 is 0 Å². The van der Waals surface area contributed by atoms with Crippen LogP contribution in [-0.4, -0.2) is 23.6 Å². The van der Waals surface area contributed by atoms with Gasteiger partial charge in [0, 0.05) is 24.8 Å². The van der Waals surface area contributed by atoms with Gasteiger partial charge in [-0.25, -0.2) is 9.37 Å². The van der Waals surface area contributed by atoms with Gasteiger partial charge in [-0.1, -0.05) is 0 Å². The second-order valence-electron chi connectivity index (χ2n) is 4.39. The van der Waals surface area contributed by atoms with Crippen molar-refractivity contribution in [3.8, 4) is 0 Å². The van der Waals surface area contributed by atoms with Gasteiger partial charge in [-0.2, -0.15) is 0 Å². The zero-order valence-electron chi connectivity index (χ0n) is 9.56. The van der Waals surface area contributed by atoms with Crippen molar-refractivity contribution in [3.05, 3.63) is 24.1 Å². The summed E-state index contributed by atoms with van der Waals surface area (Å²) in [4.78, 5) is 6.19. The molecule has 1 aromatic heterocycles. The molecule has 0 amide bonds. The van der Waals surface area contributed by atoms with Gasteiger partial charge in [0.05, 0.1) is 0 Å². The molecule has 16 heavy (non-hydrogen) atoms. The first-order valence-corrected chi connectivity index (χ1v) is 5.83. The van der Waals surface area contributed by atoms with Gasteiger partial charge >= 0.3 is 0 Å². The average Bonchev–Trinajstić information content (AvgIpc) is 2.30. The summed E-state index contributed by atoms with van der Waals surface area (Å²) in [5.74, 6) is 0.194. The largest absolute Gasteiger partial charge is 0.347 e. The number of rotatable bonds is 2. The van der Waals surface area contributed by atoms with Crippen LogP contribution in [0.15, 0.2) is 18.3 Å². The molecule has 1 fully saturated rings. The first-order valence-electron chi connectivity index (χ1n) is 5.83. The summed E-state index contributed by atoms with van der Waals surface area (Å²) >= 11 is 0. The lowest BCUT2D eigenvalue weighted by Crippen LogP contribution is -2.49. The molecule has 0 aliphatic carbocycles. The van der Waals surface area contributed by atoms with Crippen molar-refractivity contribution in [1.29, 1.82) is 0 Å². The highest BCUT2D eigenvalue weighted by atomic mass is 19.1. The minimum absolute atomic E-state index is 0.216. The van der Waals surface area contributed by atoms with E-state index in [-0.39, 0.29) is 11.9 Å². The number of hydrogen-bond donors (Lipinski definition) is 1. The van der Waals surface area contributed by atoms with Crippen LogP contribution in [0.4, 0.5) is 10.2 Å². The molecule has 2 rings (SSSR count). The van der Waals surface area contributed by atoms with Crippen molar-refractivity contribution >= 4 is 5.82 Å². The molecule has 4 heteroatoms. The molecular weight excluding hydrogens is 205 g/mol. The van der Waals surface area contributed by atoms with Gasteiger partial charge in [0.25, 0.3) is 0 Å². The molecule has 0 saturated carbocycles. The molecule has 3 nitrogen and oxygen atoms in total. The van der Waals surface area contributed by atoms with E-state index in [2.05, 4.69) is 11.9 Å². The van der Waals surface area contributed by atoms with Crippen LogP contribution in [0.5, 0.6) is 0 Å². The Hall–Kier alpha value is -1.16. The highest BCUT2D eigenvalue weighted by molar-refractivity contribution is 5.43. The van der Waals surface area contributed by atoms with E-state index in [4.69, 9.17) is 5.73 Å². The van der Waals surface area contributed by atoms with E-state index in [0.29, 0.717) is 18.4 Å². The quantitative estimate of drug-likeness (QED) is 0.833. The Bertz CT molecular complexity index is 356. The molecule has 1 aliphatic rings. The first kappa shape index (κ1) is 11.3. The van der Waals surface area contributed by atoms with Gasteiger partial charge in [0.15, 0.2) is 11.6 Å². The van der Waals surface area contributed by atoms with Crippen LogP contribution in [0.2, 0.25) is 0 Å². The number of aromatic nitrogens is 1. The van der Waals surface area contributed by atoms with Crippen molar-refractivity contribution in [2.45, 2.75) is 38.3 Å². The molecule has 1 aromatic rings. The van der Waals surface area contributed by atoms with Crippen LogP contribution in [0.25, 0.3) is 0 Å². The summed E-state index contributed by atoms with van der Waals surface area (Å²) in [5.41, 5.74) is 5.75. The number of anilines is 1. The van der Waals surface area contributed by atoms with Crippen molar-refractivity contribution in [1.82, 2.24) is 4.98 Å². The Balaban J connectivity index is 2.32. The number of piperidine rings is 1. The first-order chi connectivity index (χ1) is 7.74. The lowest BCUT2D eigenvalue weighted by molar-refractivity contribution is 0.392. The Morgan fingerprint density at radius 2 is 2.38 bits per heavy atom. The topological polar surface area (TPSA) is 42.1 Å². The highest BCUT2D eigenvalue weighted by Crippen LogP contribution is 2.28. The lowest BCUT2D eigenvalue weighted by Gasteiger charge is -2.41. The van der Waals surface area contributed by atoms with Gasteiger partial charge in [0.2, 0.25) is 0 Å². The van der Waals surface area contributed by atoms with Crippen molar-refractivity contribution < 1.29 is 4.39 Å². The van der Waals surface area contributed by atoms with E-state index in [1.807, 2.05) is 4.90 Å². The average molecular weight is 223 g/mol. The van der Waals surface area contributed by atoms with E-state index in [1.54, 1.807) is 12.3 Å². The predicted molar refractivity (Wildman–Crippen MR) is 62.8 cm³/mol. The second-order valence-corrected chi connectivity index (χ2v) is 4.39. The molecule has 1 saturated heterocycles. The number of nitrogens with two attached hydrogens (primary N) is 1. The number of halogens is 1. The van der Waals surface area contributed by atoms with E-state index in [1.165, 1.54) is 6.07 Å². The van der Waals surface area contributed by atoms with E-state index in [0.717, 1.165) is 19.3 Å². The SMILES string of the molecule is CC1CCCC(CN)N1c1ncccc1F. The van der Waals surface area contributed by atoms with Crippen LogP contribution in [-0.2, 0) is 0 Å². The third-order valence-corrected chi connectivity index (χ3v) is 3.28. The predicted octanol–water partition coefficient (Wildman–Crippen LogP) is 1.93. The van der Waals surface area contributed by atoms with Crippen molar-refractivity contribution in [3.63, 3.8) is 0 Å². The standard InChI is InChI=1S/C12H18FN3/c1-9-4-2-5-10(8-14)16(9)12-11(13)6-3-7-15-12/h3,6-7,9-10H,2,4-5,8,14H2,1H3. The Morgan fingerprint density at radius 1 is 1.56 bits per heavy atom. The summed E-state index contributed by atoms with van der Waals surface area (Å²) < 4.78 is 13.7. The fourth-order valence-electron chi connectivity index (χ4n) is 2.47. The number of nitrogens with zero attached hydrogens (tertiary/aromatic N) is 2. The summed E-state index contributed by atoms with van der Waals surface area (Å²) in [5, 5.41) is 0. The van der Waals surface area contributed by atoms with Gasteiger partial charge in [-0.15, -0.1) is 0 Å². The molecule has 2 unspecified atom stereocenters. The molecular formula is C12H18FN3. The van der Waals surface area contributed by atoms with Crippen LogP contribution in [0.1, 0.15) is 26.2 Å². The van der Waals surface area contributed by atoms with E-state index in [9.17, 15) is 4.39 Å². The maximum absolute atomic E-state index is 13.7. The van der Waals surface area contributed by atoms with Gasteiger partial charge in [-0.3, -0.25) is 0 Å². The van der Waals surface area contributed by atoms with Gasteiger partial charge in [0.1, 0.15) is 0 Å². The molecule has 0 radical (unpaired) electrons. The third kappa shape index (κ3) is 2.02. The summed E-state index contributed by atoms with van der Waals surface area (Å²) in [6, 6.07) is 3.60. The molecule has 0 spiro atoms. The fraction of sp³-hybridized carbons (Fsp3) is 0.583. The van der Waals surface area contributed by atoms with Crippen molar-refractivity contribution in [2.75, 3.05) is 11.4 Å². The summed E-state index contributed by atoms with van der Waals surface area (Å²) in [6.45, 7) is 2.66. The molecule has 2 atom stereocenters. The zero-order valence-corrected chi connectivity index (χ0v) is 9.56. The number of pyridine rings is 1. The smallest absolute Gasteiger partial charge is 0.165 e. The monoisotopic (exact) mass is 223 g/mol. The van der Waals surface area contributed by atoms with Crippen molar-refractivity contribution in [2.24, 2.45) is 5.73 Å². The second kappa shape index (κ2) is 4.78. The molecule has 1 aliphatic heterocycles. The van der Waals surface area contributed by atoms with Crippen LogP contribution in [0.3, 0.4) is 0 Å². The minimum Gasteiger partial charge on any atom is -0.347 e. The molecule has 2 heterocycles. The minimum atomic E-state index is -0.255. The Morgan fingerprint density at radius 3 is 3.06 bits per heavy atom. The molecule has 88 valence electrons. The Kier molecular flexibility index (Phi) is 3.39. The fourth-order valence-corrected chi connectivity index (χ4v) is 2.47. The highest BCUT2D eigenvalue weighted by Gasteiger charge is 2.29. The van der Waals surface area contributed by atoms with E-state index < -0.39 is 0 Å². The third-order valence-electron chi connectivity index (χ3n) is 3.28. The molecule has 0 bridgehead atoms. The summed E-state index contributed by atoms with van der Waals surface area (Å²) in [6.07, 6.45) is 4.89. The summed E-state index contributed by atoms with van der Waals surface area (Å²) in [7, 11) is 0. The van der Waals surface area contributed by atoms with Crippen LogP contribution in [0, 0.1) is 5.82 Å². The van der Waals surface area contributed by atoms with E-state index >= 15 is 0 Å². The maximum atomic E-state index is 13.7. The normalized spacial score (nSPS) is 25.8. The zero-order chi connectivity index (χ0) is 11.5. The molecule has 2 N–H and O–H groups in total. The van der Waals surface area contributed by atoms with Gasteiger partial charge < -0.3 is 10.6 Å². The number of hydrogen-bond acceptors (Lipinski definition) is 3. The maximum Gasteiger partial charge on any atom is 0.165 e.